The van der Waals surface area contributed by atoms with Gasteiger partial charge < -0.3 is 4.74 Å². The largest absolute Gasteiger partial charge is 0.377 e. The van der Waals surface area contributed by atoms with Crippen molar-refractivity contribution in [2.45, 2.75) is 49.8 Å². The Morgan fingerprint density at radius 3 is 2.67 bits per heavy atom. The number of fused-ring (bicyclic) bond motifs is 1. The summed E-state index contributed by atoms with van der Waals surface area (Å²) in [5, 5.41) is 0.191. The predicted molar refractivity (Wildman–Crippen MR) is 91.2 cm³/mol. The highest BCUT2D eigenvalue weighted by Crippen LogP contribution is 2.29. The van der Waals surface area contributed by atoms with Crippen LogP contribution in [0.3, 0.4) is 0 Å². The summed E-state index contributed by atoms with van der Waals surface area (Å²) in [4.78, 5) is 4.56. The van der Waals surface area contributed by atoms with Crippen molar-refractivity contribution in [3.63, 3.8) is 0 Å². The lowest BCUT2D eigenvalue weighted by molar-refractivity contribution is 0.127. The summed E-state index contributed by atoms with van der Waals surface area (Å²) in [5.41, 5.74) is 2.87. The Morgan fingerprint density at radius 1 is 1.12 bits per heavy atom. The van der Waals surface area contributed by atoms with Gasteiger partial charge in [0.15, 0.2) is 0 Å². The quantitative estimate of drug-likeness (QED) is 0.854. The van der Waals surface area contributed by atoms with Crippen LogP contribution in [0, 0.1) is 0 Å². The lowest BCUT2D eigenvalue weighted by atomic mass is 10.0. The molecule has 0 radical (unpaired) electrons. The number of aromatic nitrogens is 2. The lowest BCUT2D eigenvalue weighted by Crippen LogP contribution is -2.23. The molecule has 0 spiro atoms. The number of sulfone groups is 1. The van der Waals surface area contributed by atoms with E-state index < -0.39 is 9.84 Å². The third-order valence-corrected chi connectivity index (χ3v) is 6.46. The Hall–Kier alpha value is -1.66. The van der Waals surface area contributed by atoms with Crippen LogP contribution in [0.15, 0.2) is 35.5 Å². The van der Waals surface area contributed by atoms with Crippen LogP contribution in [0.2, 0.25) is 0 Å². The maximum absolute atomic E-state index is 13.0. The summed E-state index contributed by atoms with van der Waals surface area (Å²) in [6, 6.07) is 9.69. The molecule has 1 aromatic heterocycles. The average Bonchev–Trinajstić information content (AvgIpc) is 3.22. The van der Waals surface area contributed by atoms with Crippen LogP contribution in [0.25, 0.3) is 5.69 Å². The van der Waals surface area contributed by atoms with Crippen LogP contribution in [-0.2, 0) is 27.4 Å². The van der Waals surface area contributed by atoms with Gasteiger partial charge in [-0.3, -0.25) is 4.57 Å². The number of para-hydroxylation sites is 1. The van der Waals surface area contributed by atoms with Gasteiger partial charge in [-0.1, -0.05) is 18.2 Å². The normalized spacial score (nSPS) is 20.9. The second-order valence-electron chi connectivity index (χ2n) is 6.58. The number of aryl methyl sites for hydroxylation is 1. The monoisotopic (exact) mass is 346 g/mol. The molecular weight excluding hydrogens is 324 g/mol. The summed E-state index contributed by atoms with van der Waals surface area (Å²) in [7, 11) is -3.49. The zero-order chi connectivity index (χ0) is 16.6. The number of hydrogen-bond acceptors (Lipinski definition) is 4. The Labute approximate surface area is 142 Å². The van der Waals surface area contributed by atoms with E-state index in [9.17, 15) is 8.42 Å². The first-order valence-electron chi connectivity index (χ1n) is 8.65. The maximum Gasteiger partial charge on any atom is 0.232 e. The molecule has 1 aromatic carbocycles. The van der Waals surface area contributed by atoms with E-state index >= 15 is 0 Å². The van der Waals surface area contributed by atoms with Gasteiger partial charge in [-0.05, 0) is 50.7 Å². The van der Waals surface area contributed by atoms with Crippen LogP contribution < -0.4 is 0 Å². The van der Waals surface area contributed by atoms with Gasteiger partial charge >= 0.3 is 0 Å². The number of benzene rings is 1. The highest BCUT2D eigenvalue weighted by atomic mass is 32.2. The molecule has 0 N–H and O–H groups in total. The SMILES string of the molecule is O=S(=O)(C[C@@H]1CCCO1)c1nc2c(n1-c1ccccc1)CCCC2. The topological polar surface area (TPSA) is 61.2 Å². The van der Waals surface area contributed by atoms with Crippen LogP contribution in [0.4, 0.5) is 0 Å². The van der Waals surface area contributed by atoms with Crippen LogP contribution >= 0.6 is 0 Å². The van der Waals surface area contributed by atoms with Gasteiger partial charge in [0.25, 0.3) is 0 Å². The molecule has 2 heterocycles. The molecule has 0 bridgehead atoms. The molecule has 1 fully saturated rings. The summed E-state index contributed by atoms with van der Waals surface area (Å²) in [6.45, 7) is 0.657. The first kappa shape index (κ1) is 15.8. The van der Waals surface area contributed by atoms with E-state index in [4.69, 9.17) is 4.74 Å². The van der Waals surface area contributed by atoms with Gasteiger partial charge in [0.1, 0.15) is 0 Å². The smallest absolute Gasteiger partial charge is 0.232 e. The molecule has 2 aliphatic rings. The highest BCUT2D eigenvalue weighted by Gasteiger charge is 2.32. The van der Waals surface area contributed by atoms with Gasteiger partial charge in [-0.25, -0.2) is 13.4 Å². The second-order valence-corrected chi connectivity index (χ2v) is 8.51. The summed E-state index contributed by atoms with van der Waals surface area (Å²) in [5.74, 6) is 0.0235. The van der Waals surface area contributed by atoms with Crippen LogP contribution in [0.1, 0.15) is 37.1 Å². The fourth-order valence-electron chi connectivity index (χ4n) is 3.66. The minimum absolute atomic E-state index is 0.0235. The van der Waals surface area contributed by atoms with Crippen molar-refractivity contribution in [3.05, 3.63) is 41.7 Å². The summed E-state index contributed by atoms with van der Waals surface area (Å²) < 4.78 is 33.5. The highest BCUT2D eigenvalue weighted by molar-refractivity contribution is 7.91. The minimum atomic E-state index is -3.49. The van der Waals surface area contributed by atoms with Gasteiger partial charge in [0.2, 0.25) is 15.0 Å². The van der Waals surface area contributed by atoms with Crippen molar-refractivity contribution < 1.29 is 13.2 Å². The van der Waals surface area contributed by atoms with Crippen LogP contribution in [-0.4, -0.2) is 36.4 Å². The van der Waals surface area contributed by atoms with Gasteiger partial charge in [0, 0.05) is 18.0 Å². The summed E-state index contributed by atoms with van der Waals surface area (Å²) >= 11 is 0. The van der Waals surface area contributed by atoms with Gasteiger partial charge in [0.05, 0.1) is 17.6 Å². The third kappa shape index (κ3) is 2.89. The van der Waals surface area contributed by atoms with E-state index in [1.54, 1.807) is 0 Å². The predicted octanol–water partition coefficient (Wildman–Crippen LogP) is 2.70. The first-order chi connectivity index (χ1) is 11.6. The van der Waals surface area contributed by atoms with E-state index in [0.717, 1.165) is 55.6 Å². The number of ether oxygens (including phenoxy) is 1. The number of hydrogen-bond donors (Lipinski definition) is 0. The molecule has 1 aliphatic carbocycles. The standard InChI is InChI=1S/C18H22N2O3S/c21-24(22,13-15-9-6-12-23-15)18-19-16-10-4-5-11-17(16)20(18)14-7-2-1-3-8-14/h1-3,7-8,15H,4-6,9-13H2/t15-/m0/s1. The second kappa shape index (κ2) is 6.33. The molecule has 5 nitrogen and oxygen atoms in total. The molecule has 0 unspecified atom stereocenters. The molecule has 0 saturated carbocycles. The van der Waals surface area contributed by atoms with Crippen molar-refractivity contribution in [1.29, 1.82) is 0 Å². The van der Waals surface area contributed by atoms with E-state index in [1.165, 1.54) is 0 Å². The molecule has 6 heteroatoms. The molecule has 1 saturated heterocycles. The Balaban J connectivity index is 1.81. The van der Waals surface area contributed by atoms with Crippen molar-refractivity contribution in [2.75, 3.05) is 12.4 Å². The Kier molecular flexibility index (Phi) is 4.18. The van der Waals surface area contributed by atoms with Crippen LogP contribution in [0.5, 0.6) is 0 Å². The molecule has 1 atom stereocenters. The number of nitrogens with zero attached hydrogens (tertiary/aromatic N) is 2. The van der Waals surface area contributed by atoms with Gasteiger partial charge in [-0.15, -0.1) is 0 Å². The van der Waals surface area contributed by atoms with E-state index in [2.05, 4.69) is 4.98 Å². The minimum Gasteiger partial charge on any atom is -0.377 e. The molecule has 0 amide bonds. The van der Waals surface area contributed by atoms with Crippen molar-refractivity contribution in [1.82, 2.24) is 9.55 Å². The fourth-order valence-corrected chi connectivity index (χ4v) is 5.31. The molecule has 24 heavy (non-hydrogen) atoms. The molecule has 2 aromatic rings. The lowest BCUT2D eigenvalue weighted by Gasteiger charge is -2.16. The zero-order valence-electron chi connectivity index (χ0n) is 13.6. The van der Waals surface area contributed by atoms with E-state index in [1.807, 2.05) is 34.9 Å². The number of rotatable bonds is 4. The van der Waals surface area contributed by atoms with Gasteiger partial charge in [-0.2, -0.15) is 0 Å². The van der Waals surface area contributed by atoms with E-state index in [-0.39, 0.29) is 17.0 Å². The summed E-state index contributed by atoms with van der Waals surface area (Å²) in [6.07, 6.45) is 5.44. The molecular formula is C18H22N2O3S. The average molecular weight is 346 g/mol. The Bertz CT molecular complexity index is 821. The Morgan fingerprint density at radius 2 is 1.92 bits per heavy atom. The van der Waals surface area contributed by atoms with Crippen molar-refractivity contribution in [3.8, 4) is 5.69 Å². The maximum atomic E-state index is 13.0. The molecule has 4 rings (SSSR count). The van der Waals surface area contributed by atoms with Crippen molar-refractivity contribution >= 4 is 9.84 Å². The first-order valence-corrected chi connectivity index (χ1v) is 10.3. The number of imidazole rings is 1. The fraction of sp³-hybridized carbons (Fsp3) is 0.500. The molecule has 128 valence electrons. The molecule has 1 aliphatic heterocycles. The van der Waals surface area contributed by atoms with Crippen molar-refractivity contribution in [2.24, 2.45) is 0 Å². The zero-order valence-corrected chi connectivity index (χ0v) is 14.5. The third-order valence-electron chi connectivity index (χ3n) is 4.82. The van der Waals surface area contributed by atoms with E-state index in [0.29, 0.717) is 6.61 Å².